The number of rotatable bonds is 3. The van der Waals surface area contributed by atoms with E-state index in [0.717, 1.165) is 23.4 Å². The number of carbonyl (C=O) groups is 1. The predicted molar refractivity (Wildman–Crippen MR) is 65.3 cm³/mol. The molecular formula is C13H16N2O2. The van der Waals surface area contributed by atoms with E-state index in [4.69, 9.17) is 5.26 Å². The summed E-state index contributed by atoms with van der Waals surface area (Å²) in [6.07, 6.45) is 2.45. The van der Waals surface area contributed by atoms with Gasteiger partial charge < -0.3 is 9.72 Å². The van der Waals surface area contributed by atoms with E-state index in [0.29, 0.717) is 0 Å². The normalized spacial score (nSPS) is 11.1. The molecule has 0 spiro atoms. The molecule has 90 valence electrons. The Kier molecular flexibility index (Phi) is 4.11. The van der Waals surface area contributed by atoms with Gasteiger partial charge in [0, 0.05) is 11.4 Å². The van der Waals surface area contributed by atoms with Crippen LogP contribution in [0.2, 0.25) is 0 Å². The molecule has 0 saturated heterocycles. The van der Waals surface area contributed by atoms with Crippen molar-refractivity contribution in [3.8, 4) is 6.07 Å². The Labute approximate surface area is 101 Å². The van der Waals surface area contributed by atoms with Crippen molar-refractivity contribution in [1.29, 1.82) is 5.26 Å². The summed E-state index contributed by atoms with van der Waals surface area (Å²) >= 11 is 0. The van der Waals surface area contributed by atoms with Gasteiger partial charge in [-0.2, -0.15) is 5.26 Å². The van der Waals surface area contributed by atoms with E-state index < -0.39 is 5.97 Å². The molecule has 0 unspecified atom stereocenters. The van der Waals surface area contributed by atoms with Crippen LogP contribution < -0.4 is 0 Å². The van der Waals surface area contributed by atoms with E-state index in [1.165, 1.54) is 18.7 Å². The van der Waals surface area contributed by atoms with Gasteiger partial charge in [0.2, 0.25) is 0 Å². The minimum Gasteiger partial charge on any atom is -0.465 e. The van der Waals surface area contributed by atoms with Gasteiger partial charge in [-0.05, 0) is 37.5 Å². The lowest BCUT2D eigenvalue weighted by molar-refractivity contribution is -0.135. The number of nitriles is 1. The first-order valence-electron chi connectivity index (χ1n) is 5.43. The molecule has 0 aliphatic heterocycles. The van der Waals surface area contributed by atoms with Crippen molar-refractivity contribution in [3.63, 3.8) is 0 Å². The van der Waals surface area contributed by atoms with Crippen LogP contribution in [-0.4, -0.2) is 18.1 Å². The first-order chi connectivity index (χ1) is 8.04. The van der Waals surface area contributed by atoms with E-state index >= 15 is 0 Å². The molecule has 0 amide bonds. The Balaban J connectivity index is 3.23. The molecule has 1 heterocycles. The monoisotopic (exact) mass is 232 g/mol. The molecule has 0 aliphatic rings. The standard InChI is InChI=1S/C13H16N2O2/c1-5-11-8(2)12(15-9(11)3)6-10(7-14)13(16)17-4/h6,15H,5H2,1-4H3. The van der Waals surface area contributed by atoms with Gasteiger partial charge in [0.25, 0.3) is 0 Å². The Hall–Kier alpha value is -2.02. The van der Waals surface area contributed by atoms with Gasteiger partial charge in [-0.1, -0.05) is 6.92 Å². The topological polar surface area (TPSA) is 65.9 Å². The van der Waals surface area contributed by atoms with E-state index in [9.17, 15) is 4.79 Å². The molecule has 0 saturated carbocycles. The number of methoxy groups -OCH3 is 1. The Bertz CT molecular complexity index is 504. The third-order valence-electron chi connectivity index (χ3n) is 2.80. The van der Waals surface area contributed by atoms with Crippen LogP contribution in [0.5, 0.6) is 0 Å². The van der Waals surface area contributed by atoms with Gasteiger partial charge in [0.15, 0.2) is 0 Å². The summed E-state index contributed by atoms with van der Waals surface area (Å²) in [4.78, 5) is 14.5. The maximum atomic E-state index is 11.3. The van der Waals surface area contributed by atoms with Gasteiger partial charge in [-0.3, -0.25) is 0 Å². The summed E-state index contributed by atoms with van der Waals surface area (Å²) in [5.74, 6) is -0.614. The first kappa shape index (κ1) is 13.0. The minimum absolute atomic E-state index is 0.000460. The molecule has 4 nitrogen and oxygen atoms in total. The minimum atomic E-state index is -0.614. The number of aromatic amines is 1. The number of H-pyrrole nitrogens is 1. The van der Waals surface area contributed by atoms with Crippen LogP contribution in [-0.2, 0) is 16.0 Å². The highest BCUT2D eigenvalue weighted by Gasteiger charge is 2.12. The third-order valence-corrected chi connectivity index (χ3v) is 2.80. The molecule has 0 bridgehead atoms. The number of esters is 1. The number of nitrogens with zero attached hydrogens (tertiary/aromatic N) is 1. The second kappa shape index (κ2) is 5.35. The van der Waals surface area contributed by atoms with Gasteiger partial charge >= 0.3 is 5.97 Å². The lowest BCUT2D eigenvalue weighted by Crippen LogP contribution is -2.02. The molecule has 4 heteroatoms. The molecule has 0 atom stereocenters. The largest absolute Gasteiger partial charge is 0.465 e. The molecule has 0 aromatic carbocycles. The summed E-state index contributed by atoms with van der Waals surface area (Å²) in [5, 5.41) is 8.88. The number of carbonyl (C=O) groups excluding carboxylic acids is 1. The fourth-order valence-electron chi connectivity index (χ4n) is 1.88. The van der Waals surface area contributed by atoms with Crippen LogP contribution in [0, 0.1) is 25.2 Å². The zero-order valence-corrected chi connectivity index (χ0v) is 10.5. The van der Waals surface area contributed by atoms with Crippen molar-refractivity contribution < 1.29 is 9.53 Å². The average molecular weight is 232 g/mol. The Morgan fingerprint density at radius 1 is 1.53 bits per heavy atom. The molecule has 1 N–H and O–H groups in total. The SMILES string of the molecule is CCc1c(C)[nH]c(C=C(C#N)C(=O)OC)c1C. The molecule has 1 rings (SSSR count). The van der Waals surface area contributed by atoms with Gasteiger partial charge in [-0.25, -0.2) is 4.79 Å². The summed E-state index contributed by atoms with van der Waals surface area (Å²) < 4.78 is 4.54. The molecule has 0 aliphatic carbocycles. The fourth-order valence-corrected chi connectivity index (χ4v) is 1.88. The zero-order chi connectivity index (χ0) is 13.0. The molecule has 1 aromatic heterocycles. The highest BCUT2D eigenvalue weighted by atomic mass is 16.5. The number of nitrogens with one attached hydrogen (secondary N) is 1. The summed E-state index contributed by atoms with van der Waals surface area (Å²) in [6, 6.07) is 1.84. The van der Waals surface area contributed by atoms with Crippen LogP contribution in [0.4, 0.5) is 0 Å². The molecule has 1 aromatic rings. The van der Waals surface area contributed by atoms with Crippen LogP contribution >= 0.6 is 0 Å². The summed E-state index contributed by atoms with van der Waals surface area (Å²) in [5.41, 5.74) is 4.15. The van der Waals surface area contributed by atoms with Crippen molar-refractivity contribution in [3.05, 3.63) is 28.1 Å². The number of aryl methyl sites for hydroxylation is 1. The lowest BCUT2D eigenvalue weighted by Gasteiger charge is -1.97. The average Bonchev–Trinajstić information content (AvgIpc) is 2.59. The van der Waals surface area contributed by atoms with Crippen LogP contribution in [0.3, 0.4) is 0 Å². The molecule has 0 fully saturated rings. The molecular weight excluding hydrogens is 216 g/mol. The maximum absolute atomic E-state index is 11.3. The van der Waals surface area contributed by atoms with E-state index in [1.54, 1.807) is 0 Å². The van der Waals surface area contributed by atoms with Gasteiger partial charge in [0.1, 0.15) is 11.6 Å². The predicted octanol–water partition coefficient (Wildman–Crippen LogP) is 2.27. The second-order valence-electron chi connectivity index (χ2n) is 3.78. The molecule has 17 heavy (non-hydrogen) atoms. The third kappa shape index (κ3) is 2.56. The van der Waals surface area contributed by atoms with E-state index in [1.807, 2.05) is 19.9 Å². The Morgan fingerprint density at radius 3 is 2.59 bits per heavy atom. The van der Waals surface area contributed by atoms with Crippen LogP contribution in [0.25, 0.3) is 6.08 Å². The van der Waals surface area contributed by atoms with Crippen molar-refractivity contribution in [2.45, 2.75) is 27.2 Å². The highest BCUT2D eigenvalue weighted by molar-refractivity contribution is 5.97. The summed E-state index contributed by atoms with van der Waals surface area (Å²) in [7, 11) is 1.26. The van der Waals surface area contributed by atoms with Crippen LogP contribution in [0.15, 0.2) is 5.57 Å². The van der Waals surface area contributed by atoms with Crippen molar-refractivity contribution in [1.82, 2.24) is 4.98 Å². The van der Waals surface area contributed by atoms with Crippen molar-refractivity contribution in [2.24, 2.45) is 0 Å². The second-order valence-corrected chi connectivity index (χ2v) is 3.78. The number of hydrogen-bond donors (Lipinski definition) is 1. The first-order valence-corrected chi connectivity index (χ1v) is 5.43. The number of aromatic nitrogens is 1. The van der Waals surface area contributed by atoms with Crippen LogP contribution in [0.1, 0.15) is 29.4 Å². The molecule has 0 radical (unpaired) electrons. The fraction of sp³-hybridized carbons (Fsp3) is 0.385. The quantitative estimate of drug-likeness (QED) is 0.494. The number of ether oxygens (including phenoxy) is 1. The highest BCUT2D eigenvalue weighted by Crippen LogP contribution is 2.20. The van der Waals surface area contributed by atoms with Gasteiger partial charge in [0.05, 0.1) is 7.11 Å². The summed E-state index contributed by atoms with van der Waals surface area (Å²) in [6.45, 7) is 6.02. The number of hydrogen-bond acceptors (Lipinski definition) is 3. The zero-order valence-electron chi connectivity index (χ0n) is 10.5. The van der Waals surface area contributed by atoms with Crippen molar-refractivity contribution >= 4 is 12.0 Å². The lowest BCUT2D eigenvalue weighted by atomic mass is 10.1. The Morgan fingerprint density at radius 2 is 2.18 bits per heavy atom. The maximum Gasteiger partial charge on any atom is 0.348 e. The van der Waals surface area contributed by atoms with Crippen molar-refractivity contribution in [2.75, 3.05) is 7.11 Å². The van der Waals surface area contributed by atoms with Gasteiger partial charge in [-0.15, -0.1) is 0 Å². The van der Waals surface area contributed by atoms with E-state index in [-0.39, 0.29) is 5.57 Å². The smallest absolute Gasteiger partial charge is 0.348 e. The van der Waals surface area contributed by atoms with E-state index in [2.05, 4.69) is 16.6 Å².